The first kappa shape index (κ1) is 22.0. The Morgan fingerprint density at radius 3 is 2.59 bits per heavy atom. The molecule has 0 aliphatic carbocycles. The number of fused-ring (bicyclic) bond motifs is 1. The molecule has 4 aromatic rings. The highest BCUT2D eigenvalue weighted by molar-refractivity contribution is 6.06. The third kappa shape index (κ3) is 4.47. The topological polar surface area (TPSA) is 87.4 Å². The summed E-state index contributed by atoms with van der Waals surface area (Å²) in [7, 11) is 2.12. The molecule has 1 aromatic carbocycles. The summed E-state index contributed by atoms with van der Waals surface area (Å²) in [6.07, 6.45) is 1.80. The zero-order valence-corrected chi connectivity index (χ0v) is 19.1. The smallest absolute Gasteiger partial charge is 0.259 e. The summed E-state index contributed by atoms with van der Waals surface area (Å²) in [4.78, 5) is 26.8. The highest BCUT2D eigenvalue weighted by atomic mass is 19.1. The van der Waals surface area contributed by atoms with Crippen LogP contribution in [0.3, 0.4) is 0 Å². The van der Waals surface area contributed by atoms with Crippen molar-refractivity contribution in [2.45, 2.75) is 13.5 Å². The summed E-state index contributed by atoms with van der Waals surface area (Å²) in [5, 5.41) is 7.49. The minimum atomic E-state index is -0.342. The number of piperazine rings is 1. The maximum absolute atomic E-state index is 13.4. The molecular weight excluding hydrogens is 435 g/mol. The van der Waals surface area contributed by atoms with E-state index in [-0.39, 0.29) is 17.4 Å². The fourth-order valence-electron chi connectivity index (χ4n) is 4.06. The Morgan fingerprint density at radius 2 is 1.88 bits per heavy atom. The molecule has 174 valence electrons. The van der Waals surface area contributed by atoms with Crippen LogP contribution in [0.25, 0.3) is 22.4 Å². The van der Waals surface area contributed by atoms with Crippen LogP contribution in [0.1, 0.15) is 21.6 Å². The molecule has 1 amide bonds. The van der Waals surface area contributed by atoms with Gasteiger partial charge in [0.05, 0.1) is 22.3 Å². The molecule has 1 aliphatic rings. The van der Waals surface area contributed by atoms with E-state index >= 15 is 0 Å². The van der Waals surface area contributed by atoms with Crippen molar-refractivity contribution in [3.63, 3.8) is 0 Å². The third-order valence-electron chi connectivity index (χ3n) is 6.09. The van der Waals surface area contributed by atoms with E-state index in [1.54, 1.807) is 31.3 Å². The number of aryl methyl sites for hydroxylation is 1. The van der Waals surface area contributed by atoms with E-state index < -0.39 is 0 Å². The largest absolute Gasteiger partial charge is 0.354 e. The van der Waals surface area contributed by atoms with Crippen LogP contribution in [-0.2, 0) is 6.54 Å². The van der Waals surface area contributed by atoms with E-state index in [2.05, 4.69) is 37.3 Å². The maximum Gasteiger partial charge on any atom is 0.259 e. The number of hydrogen-bond donors (Lipinski definition) is 1. The summed E-state index contributed by atoms with van der Waals surface area (Å²) in [5.41, 5.74) is 3.34. The number of nitrogens with one attached hydrogen (secondary N) is 1. The van der Waals surface area contributed by atoms with Gasteiger partial charge in [0, 0.05) is 44.5 Å². The Hall–Kier alpha value is -3.85. The average Bonchev–Trinajstić information content (AvgIpc) is 3.24. The molecule has 1 fully saturated rings. The second-order valence-electron chi connectivity index (χ2n) is 8.51. The van der Waals surface area contributed by atoms with E-state index in [1.807, 2.05) is 12.1 Å². The van der Waals surface area contributed by atoms with Crippen molar-refractivity contribution in [2.75, 3.05) is 38.1 Å². The summed E-state index contributed by atoms with van der Waals surface area (Å²) >= 11 is 0. The van der Waals surface area contributed by atoms with Crippen LogP contribution in [0, 0.1) is 12.7 Å². The lowest BCUT2D eigenvalue weighted by atomic mass is 10.0. The van der Waals surface area contributed by atoms with Gasteiger partial charge < -0.3 is 19.6 Å². The van der Waals surface area contributed by atoms with E-state index in [0.29, 0.717) is 34.4 Å². The molecule has 0 radical (unpaired) electrons. The fourth-order valence-corrected chi connectivity index (χ4v) is 4.06. The SMILES string of the molecule is Cc1noc2nc(-c3ccc(F)cc3)cc(C(=O)NCc3ccc(N4CCN(C)CC4)nc3)c12. The molecule has 3 aromatic heterocycles. The van der Waals surface area contributed by atoms with Crippen molar-refractivity contribution in [1.29, 1.82) is 0 Å². The van der Waals surface area contributed by atoms with Crippen molar-refractivity contribution in [3.05, 3.63) is 71.3 Å². The number of pyridine rings is 2. The Labute approximate surface area is 196 Å². The number of nitrogens with zero attached hydrogens (tertiary/aromatic N) is 5. The Bertz CT molecular complexity index is 1310. The maximum atomic E-state index is 13.4. The van der Waals surface area contributed by atoms with Crippen LogP contribution in [0.5, 0.6) is 0 Å². The number of hydrogen-bond acceptors (Lipinski definition) is 7. The number of rotatable bonds is 5. The Kier molecular flexibility index (Phi) is 5.93. The monoisotopic (exact) mass is 460 g/mol. The van der Waals surface area contributed by atoms with Gasteiger partial charge in [0.15, 0.2) is 0 Å². The van der Waals surface area contributed by atoms with E-state index in [1.165, 1.54) is 12.1 Å². The minimum absolute atomic E-state index is 0.266. The second kappa shape index (κ2) is 9.18. The predicted octanol–water partition coefficient (Wildman–Crippen LogP) is 3.41. The fraction of sp³-hybridized carbons (Fsp3) is 0.280. The van der Waals surface area contributed by atoms with E-state index in [0.717, 1.165) is 37.6 Å². The average molecular weight is 461 g/mol. The van der Waals surface area contributed by atoms with Gasteiger partial charge in [0.1, 0.15) is 11.6 Å². The number of amides is 1. The molecule has 1 N–H and O–H groups in total. The van der Waals surface area contributed by atoms with Crippen LogP contribution in [-0.4, -0.2) is 59.2 Å². The summed E-state index contributed by atoms with van der Waals surface area (Å²) in [6, 6.07) is 11.6. The molecule has 4 heterocycles. The number of benzene rings is 1. The summed E-state index contributed by atoms with van der Waals surface area (Å²) in [5.74, 6) is 0.332. The van der Waals surface area contributed by atoms with Crippen LogP contribution in [0.15, 0.2) is 53.2 Å². The van der Waals surface area contributed by atoms with E-state index in [4.69, 9.17) is 4.52 Å². The number of likely N-dealkylation sites (N-methyl/N-ethyl adjacent to an activating group) is 1. The molecule has 34 heavy (non-hydrogen) atoms. The first-order chi connectivity index (χ1) is 16.5. The predicted molar refractivity (Wildman–Crippen MR) is 127 cm³/mol. The van der Waals surface area contributed by atoms with Gasteiger partial charge in [-0.05, 0) is 55.9 Å². The molecule has 9 heteroatoms. The molecule has 0 saturated carbocycles. The summed E-state index contributed by atoms with van der Waals surface area (Å²) in [6.45, 7) is 6.03. The highest BCUT2D eigenvalue weighted by Crippen LogP contribution is 2.27. The number of anilines is 1. The lowest BCUT2D eigenvalue weighted by molar-refractivity contribution is 0.0952. The van der Waals surface area contributed by atoms with Gasteiger partial charge in [0.25, 0.3) is 11.6 Å². The molecule has 5 rings (SSSR count). The highest BCUT2D eigenvalue weighted by Gasteiger charge is 2.20. The molecule has 1 saturated heterocycles. The first-order valence-corrected chi connectivity index (χ1v) is 11.2. The van der Waals surface area contributed by atoms with Crippen molar-refractivity contribution in [2.24, 2.45) is 0 Å². The lowest BCUT2D eigenvalue weighted by Gasteiger charge is -2.33. The van der Waals surface area contributed by atoms with Gasteiger partial charge in [0.2, 0.25) is 0 Å². The molecule has 1 aliphatic heterocycles. The van der Waals surface area contributed by atoms with Gasteiger partial charge in [-0.15, -0.1) is 0 Å². The van der Waals surface area contributed by atoms with Crippen molar-refractivity contribution in [1.82, 2.24) is 25.3 Å². The van der Waals surface area contributed by atoms with Gasteiger partial charge >= 0.3 is 0 Å². The number of carbonyl (C=O) groups excluding carboxylic acids is 1. The zero-order chi connectivity index (χ0) is 23.7. The molecular formula is C25H25FN6O2. The van der Waals surface area contributed by atoms with Gasteiger partial charge in [-0.25, -0.2) is 14.4 Å². The van der Waals surface area contributed by atoms with Crippen LogP contribution >= 0.6 is 0 Å². The van der Waals surface area contributed by atoms with Crippen LogP contribution in [0.2, 0.25) is 0 Å². The lowest BCUT2D eigenvalue weighted by Crippen LogP contribution is -2.44. The number of aromatic nitrogens is 3. The van der Waals surface area contributed by atoms with Crippen molar-refractivity contribution >= 4 is 22.8 Å². The van der Waals surface area contributed by atoms with Gasteiger partial charge in [-0.1, -0.05) is 11.2 Å². The molecule has 0 spiro atoms. The molecule has 8 nitrogen and oxygen atoms in total. The minimum Gasteiger partial charge on any atom is -0.354 e. The zero-order valence-electron chi connectivity index (χ0n) is 19.1. The Balaban J connectivity index is 1.34. The quantitative estimate of drug-likeness (QED) is 0.488. The summed E-state index contributed by atoms with van der Waals surface area (Å²) < 4.78 is 18.7. The standard InChI is InChI=1S/C25H25FN6O2/c1-16-23-20(13-21(29-25(23)34-30-16)18-4-6-19(26)7-5-18)24(33)28-15-17-3-8-22(27-14-17)32-11-9-31(2)10-12-32/h3-8,13-14H,9-12,15H2,1-2H3,(H,28,33). The Morgan fingerprint density at radius 1 is 1.12 bits per heavy atom. The van der Waals surface area contributed by atoms with Crippen molar-refractivity contribution < 1.29 is 13.7 Å². The molecule has 0 unspecified atom stereocenters. The van der Waals surface area contributed by atoms with Gasteiger partial charge in [-0.2, -0.15) is 0 Å². The van der Waals surface area contributed by atoms with Crippen LogP contribution in [0.4, 0.5) is 10.2 Å². The van der Waals surface area contributed by atoms with E-state index in [9.17, 15) is 9.18 Å². The normalized spacial score (nSPS) is 14.5. The molecule has 0 bridgehead atoms. The number of carbonyl (C=O) groups is 1. The molecule has 0 atom stereocenters. The van der Waals surface area contributed by atoms with Crippen LogP contribution < -0.4 is 10.2 Å². The van der Waals surface area contributed by atoms with Crippen molar-refractivity contribution in [3.8, 4) is 11.3 Å². The number of halogens is 1. The third-order valence-corrected chi connectivity index (χ3v) is 6.09. The van der Waals surface area contributed by atoms with Gasteiger partial charge in [-0.3, -0.25) is 4.79 Å². The first-order valence-electron chi connectivity index (χ1n) is 11.2. The second-order valence-corrected chi connectivity index (χ2v) is 8.51.